The molecule has 2 aliphatic heterocycles. The van der Waals surface area contributed by atoms with E-state index in [1.807, 2.05) is 13.8 Å². The zero-order valence-corrected chi connectivity index (χ0v) is 31.1. The van der Waals surface area contributed by atoms with E-state index in [0.29, 0.717) is 33.5 Å². The molecule has 6 nitrogen and oxygen atoms in total. The van der Waals surface area contributed by atoms with Crippen LogP contribution in [0.15, 0.2) is 0 Å². The van der Waals surface area contributed by atoms with Crippen LogP contribution < -0.4 is 0 Å². The van der Waals surface area contributed by atoms with Gasteiger partial charge in [0.05, 0.1) is 30.0 Å². The van der Waals surface area contributed by atoms with E-state index in [0.717, 1.165) is 61.6 Å². The molecule has 14 fully saturated rings. The number of aliphatic hydroxyl groups is 1. The molecule has 0 amide bonds. The molecule has 12 aliphatic carbocycles. The van der Waals surface area contributed by atoms with Crippen molar-refractivity contribution in [3.63, 3.8) is 0 Å². The highest BCUT2D eigenvalue weighted by Gasteiger charge is 2.68. The molecule has 0 aromatic carbocycles. The topological polar surface area (TPSA) is 98.2 Å². The highest BCUT2D eigenvalue weighted by atomic mass is 17.1. The molecule has 0 aromatic heterocycles. The molecule has 6 heteroatoms. The van der Waals surface area contributed by atoms with Gasteiger partial charge in [-0.2, -0.15) is 0 Å². The Morgan fingerprint density at radius 3 is 1.17 bits per heavy atom. The Bertz CT molecular complexity index is 1080. The second-order valence-corrected chi connectivity index (χ2v) is 20.7. The lowest BCUT2D eigenvalue weighted by Gasteiger charge is -2.62. The molecule has 0 aromatic rings. The highest BCUT2D eigenvalue weighted by molar-refractivity contribution is 5.16. The van der Waals surface area contributed by atoms with Crippen LogP contribution in [0.3, 0.4) is 0 Å². The lowest BCUT2D eigenvalue weighted by Crippen LogP contribution is -2.60. The van der Waals surface area contributed by atoms with Crippen LogP contribution in [0.25, 0.3) is 0 Å². The van der Waals surface area contributed by atoms with Crippen LogP contribution in [0, 0.1) is 69.0 Å². The quantitative estimate of drug-likeness (QED) is 0.218. The Morgan fingerprint density at radius 1 is 0.522 bits per heavy atom. The van der Waals surface area contributed by atoms with Gasteiger partial charge in [-0.05, 0) is 174 Å². The predicted octanol–water partition coefficient (Wildman–Crippen LogP) is 9.13. The van der Waals surface area contributed by atoms with E-state index in [1.54, 1.807) is 0 Å². The first-order valence-electron chi connectivity index (χ1n) is 19.1. The maximum absolute atomic E-state index is 10.0. The van der Waals surface area contributed by atoms with Crippen LogP contribution in [0.4, 0.5) is 0 Å². The fraction of sp³-hybridized carbons (Fsp3) is 1.00. The molecular weight excluding hydrogens is 576 g/mol. The van der Waals surface area contributed by atoms with Gasteiger partial charge in [-0.1, -0.05) is 41.5 Å². The molecule has 12 saturated carbocycles. The number of rotatable bonds is 1. The summed E-state index contributed by atoms with van der Waals surface area (Å²) in [6.07, 6.45) is 15.4. The third-order valence-electron chi connectivity index (χ3n) is 18.0. The van der Waals surface area contributed by atoms with Gasteiger partial charge in [-0.15, -0.1) is 0 Å². The van der Waals surface area contributed by atoms with Crippen LogP contribution in [-0.4, -0.2) is 51.5 Å². The zero-order chi connectivity index (χ0) is 32.6. The van der Waals surface area contributed by atoms with Crippen molar-refractivity contribution in [2.24, 2.45) is 69.0 Å². The van der Waals surface area contributed by atoms with E-state index in [9.17, 15) is 5.11 Å². The van der Waals surface area contributed by atoms with Crippen molar-refractivity contribution < 1.29 is 30.2 Å². The second kappa shape index (κ2) is 10.9. The molecule has 12 bridgehead atoms. The fourth-order valence-electron chi connectivity index (χ4n) is 13.9. The van der Waals surface area contributed by atoms with Gasteiger partial charge in [0.2, 0.25) is 0 Å². The van der Waals surface area contributed by atoms with Gasteiger partial charge in [0.25, 0.3) is 0 Å². The van der Waals surface area contributed by atoms with Crippen molar-refractivity contribution in [1.29, 1.82) is 0 Å². The lowest BCUT2D eigenvalue weighted by molar-refractivity contribution is -0.371. The van der Waals surface area contributed by atoms with Gasteiger partial charge in [0, 0.05) is 0 Å². The standard InChI is InChI=1S/C10H18O2.2C10H16O.C10H18O.H2O/c1-9(2)7-4-5-10(3,12-11)8(9)6-7;2*1-9-6-11-10(2)4-3-7(9)5-8(9)10;1-9(2)7-4-5-10(3,11)8(9)6-7;/h7-8,11H,4-6H2,1-3H3;2*7-8H,3-6H2,1-2H3;7-8,11H,4-6H2,1-3H3;1H2/p-1. The van der Waals surface area contributed by atoms with E-state index >= 15 is 0 Å². The molecule has 14 unspecified atom stereocenters. The third-order valence-corrected chi connectivity index (χ3v) is 18.0. The summed E-state index contributed by atoms with van der Waals surface area (Å²) in [5, 5.41) is 18.9. The van der Waals surface area contributed by atoms with Crippen LogP contribution in [0.1, 0.15) is 146 Å². The molecule has 2 saturated heterocycles. The summed E-state index contributed by atoms with van der Waals surface area (Å²) in [5.74, 6) is 6.68. The Hall–Kier alpha value is -0.240. The maximum atomic E-state index is 10.0. The summed E-state index contributed by atoms with van der Waals surface area (Å²) in [5.41, 5.74) is 1.92. The second-order valence-electron chi connectivity index (χ2n) is 20.7. The van der Waals surface area contributed by atoms with Crippen molar-refractivity contribution in [3.8, 4) is 0 Å². The third kappa shape index (κ3) is 4.83. The molecule has 14 aliphatic rings. The summed E-state index contributed by atoms with van der Waals surface area (Å²) < 4.78 is 11.8. The normalized spacial score (nSPS) is 57.4. The fourth-order valence-corrected chi connectivity index (χ4v) is 13.9. The van der Waals surface area contributed by atoms with Crippen LogP contribution in [0.2, 0.25) is 0 Å². The Balaban J connectivity index is 0.000000107. The van der Waals surface area contributed by atoms with Gasteiger partial charge >= 0.3 is 0 Å². The molecule has 266 valence electrons. The van der Waals surface area contributed by atoms with E-state index in [4.69, 9.17) is 14.7 Å². The van der Waals surface area contributed by atoms with E-state index in [-0.39, 0.29) is 27.9 Å². The summed E-state index contributed by atoms with van der Waals surface area (Å²) >= 11 is 0. The molecule has 2 heterocycles. The average molecular weight is 646 g/mol. The highest BCUT2D eigenvalue weighted by Crippen LogP contribution is 2.69. The largest absolute Gasteiger partial charge is 0.870 e. The number of hydrogen-bond acceptors (Lipinski definition) is 6. The predicted molar refractivity (Wildman–Crippen MR) is 180 cm³/mol. The van der Waals surface area contributed by atoms with E-state index in [2.05, 4.69) is 60.3 Å². The Labute approximate surface area is 280 Å². The lowest BCUT2D eigenvalue weighted by atomic mass is 9.44. The summed E-state index contributed by atoms with van der Waals surface area (Å²) in [6, 6.07) is 0. The number of fused-ring (bicyclic) bond motifs is 6. The minimum atomic E-state index is -0.363. The van der Waals surface area contributed by atoms with Gasteiger partial charge in [0.15, 0.2) is 0 Å². The SMILES string of the molecule is CC1(O)CCC2CC1C2(C)C.CC1(OO)CCC2CC1C2(C)C.CC12CCC3CC1C3(C)CO2.CC12CCC3CC1C3(C)CO2.[OH-]. The van der Waals surface area contributed by atoms with E-state index < -0.39 is 0 Å². The maximum Gasteiger partial charge on any atom is 0.104 e. The summed E-state index contributed by atoms with van der Waals surface area (Å²) in [6.45, 7) is 24.8. The summed E-state index contributed by atoms with van der Waals surface area (Å²) in [7, 11) is 0. The first kappa shape index (κ1) is 35.6. The molecule has 46 heavy (non-hydrogen) atoms. The smallest absolute Gasteiger partial charge is 0.104 e. The molecule has 0 radical (unpaired) electrons. The molecular formula is C40H69O6-. The minimum absolute atomic E-state index is 0. The van der Waals surface area contributed by atoms with Gasteiger partial charge < -0.3 is 20.1 Å². The minimum Gasteiger partial charge on any atom is -0.870 e. The zero-order valence-electron chi connectivity index (χ0n) is 31.1. The van der Waals surface area contributed by atoms with Crippen LogP contribution >= 0.6 is 0 Å². The molecule has 0 spiro atoms. The van der Waals surface area contributed by atoms with Crippen molar-refractivity contribution in [2.75, 3.05) is 13.2 Å². The van der Waals surface area contributed by atoms with Gasteiger partial charge in [0.1, 0.15) is 5.60 Å². The van der Waals surface area contributed by atoms with Crippen LogP contribution in [-0.2, 0) is 14.4 Å². The summed E-state index contributed by atoms with van der Waals surface area (Å²) in [4.78, 5) is 4.66. The molecule has 14 atom stereocenters. The van der Waals surface area contributed by atoms with Gasteiger partial charge in [-0.25, -0.2) is 4.89 Å². The number of hydrogen-bond donors (Lipinski definition) is 2. The van der Waals surface area contributed by atoms with Crippen molar-refractivity contribution in [2.45, 2.75) is 169 Å². The van der Waals surface area contributed by atoms with Crippen molar-refractivity contribution >= 4 is 0 Å². The number of ether oxygens (including phenoxy) is 2. The molecule has 3 N–H and O–H groups in total. The van der Waals surface area contributed by atoms with Gasteiger partial charge in [-0.3, -0.25) is 5.26 Å². The first-order valence-corrected chi connectivity index (χ1v) is 19.1. The Kier molecular flexibility index (Phi) is 8.42. The van der Waals surface area contributed by atoms with Crippen molar-refractivity contribution in [1.82, 2.24) is 0 Å². The first-order chi connectivity index (χ1) is 20.8. The van der Waals surface area contributed by atoms with E-state index in [1.165, 1.54) is 64.2 Å². The molecule has 14 rings (SSSR count). The monoisotopic (exact) mass is 646 g/mol. The van der Waals surface area contributed by atoms with Crippen LogP contribution in [0.5, 0.6) is 0 Å². The Morgan fingerprint density at radius 2 is 0.913 bits per heavy atom. The van der Waals surface area contributed by atoms with Crippen molar-refractivity contribution in [3.05, 3.63) is 0 Å². The average Bonchev–Trinajstić information content (AvgIpc) is 3.20.